The Morgan fingerprint density at radius 2 is 1.71 bits per heavy atom. The minimum atomic E-state index is -0.407. The van der Waals surface area contributed by atoms with Gasteiger partial charge >= 0.3 is 0 Å². The van der Waals surface area contributed by atoms with Gasteiger partial charge < -0.3 is 19.5 Å². The molecule has 1 saturated heterocycles. The number of aromatic nitrogens is 3. The Morgan fingerprint density at radius 1 is 1.00 bits per heavy atom. The molecule has 8 nitrogen and oxygen atoms in total. The second kappa shape index (κ2) is 9.42. The molecule has 0 bridgehead atoms. The molecule has 2 aromatic heterocycles. The van der Waals surface area contributed by atoms with Crippen LogP contribution in [0.25, 0.3) is 5.82 Å². The lowest BCUT2D eigenvalue weighted by atomic mass is 10.1. The summed E-state index contributed by atoms with van der Waals surface area (Å²) < 4.78 is 7.80. The second-order valence-electron chi connectivity index (χ2n) is 8.56. The number of amides is 2. The lowest BCUT2D eigenvalue weighted by Gasteiger charge is -2.17. The van der Waals surface area contributed by atoms with Crippen molar-refractivity contribution in [3.63, 3.8) is 0 Å². The van der Waals surface area contributed by atoms with Gasteiger partial charge in [0.05, 0.1) is 5.92 Å². The number of carbonyl (C=O) groups excluding carboxylic acids is 2. The van der Waals surface area contributed by atoms with Crippen LogP contribution in [-0.2, 0) is 9.59 Å². The van der Waals surface area contributed by atoms with Crippen molar-refractivity contribution in [3.8, 4) is 17.4 Å². The topological polar surface area (TPSA) is 89.3 Å². The molecule has 1 N–H and O–H groups in total. The number of ether oxygens (including phenoxy) is 1. The van der Waals surface area contributed by atoms with Crippen molar-refractivity contribution < 1.29 is 14.3 Å². The zero-order valence-corrected chi connectivity index (χ0v) is 19.5. The molecule has 0 spiro atoms. The quantitative estimate of drug-likeness (QED) is 0.445. The number of nitrogens with one attached hydrogen (secondary N) is 1. The third-order valence-corrected chi connectivity index (χ3v) is 5.86. The molecule has 1 aliphatic heterocycles. The number of anilines is 2. The van der Waals surface area contributed by atoms with Gasteiger partial charge in [-0.1, -0.05) is 17.7 Å². The van der Waals surface area contributed by atoms with E-state index in [4.69, 9.17) is 4.74 Å². The number of hydrogen-bond acceptors (Lipinski definition) is 5. The first-order valence-electron chi connectivity index (χ1n) is 11.4. The summed E-state index contributed by atoms with van der Waals surface area (Å²) in [5, 5.41) is 2.91. The molecule has 176 valence electrons. The Kier molecular flexibility index (Phi) is 6.01. The van der Waals surface area contributed by atoms with Crippen molar-refractivity contribution in [1.82, 2.24) is 14.5 Å². The molecule has 0 saturated carbocycles. The van der Waals surface area contributed by atoms with Gasteiger partial charge in [-0.15, -0.1) is 0 Å². The summed E-state index contributed by atoms with van der Waals surface area (Å²) in [6.07, 6.45) is 4.00. The second-order valence-corrected chi connectivity index (χ2v) is 8.56. The van der Waals surface area contributed by atoms with Crippen LogP contribution in [0.15, 0.2) is 79.1 Å². The fourth-order valence-corrected chi connectivity index (χ4v) is 4.03. The fraction of sp³-hybridized carbons (Fsp3) is 0.185. The predicted octanol–water partition coefficient (Wildman–Crippen LogP) is 4.67. The van der Waals surface area contributed by atoms with Crippen molar-refractivity contribution in [3.05, 3.63) is 90.5 Å². The zero-order chi connectivity index (χ0) is 24.4. The van der Waals surface area contributed by atoms with E-state index < -0.39 is 5.92 Å². The Hall–Kier alpha value is -4.46. The van der Waals surface area contributed by atoms with E-state index in [1.807, 2.05) is 67.2 Å². The fourth-order valence-electron chi connectivity index (χ4n) is 4.03. The Bertz CT molecular complexity index is 1350. The summed E-state index contributed by atoms with van der Waals surface area (Å²) in [6, 6.07) is 20.4. The molecule has 1 fully saturated rings. The molecule has 3 heterocycles. The summed E-state index contributed by atoms with van der Waals surface area (Å²) in [5.74, 6) is 1.70. The Morgan fingerprint density at radius 3 is 2.43 bits per heavy atom. The zero-order valence-electron chi connectivity index (χ0n) is 19.5. The number of nitrogens with zero attached hydrogens (tertiary/aromatic N) is 4. The third-order valence-electron chi connectivity index (χ3n) is 5.86. The molecular weight excluding hydrogens is 442 g/mol. The number of benzene rings is 2. The van der Waals surface area contributed by atoms with E-state index in [0.717, 1.165) is 11.3 Å². The molecule has 5 rings (SSSR count). The predicted molar refractivity (Wildman–Crippen MR) is 133 cm³/mol. The molecule has 0 radical (unpaired) electrons. The van der Waals surface area contributed by atoms with Crippen LogP contribution in [0.1, 0.15) is 17.8 Å². The highest BCUT2D eigenvalue weighted by Gasteiger charge is 2.35. The number of rotatable bonds is 6. The first-order chi connectivity index (χ1) is 16.9. The minimum Gasteiger partial charge on any atom is -0.439 e. The average molecular weight is 468 g/mol. The van der Waals surface area contributed by atoms with Crippen LogP contribution in [0.2, 0.25) is 0 Å². The number of carbonyl (C=O) groups is 2. The van der Waals surface area contributed by atoms with E-state index in [-0.39, 0.29) is 18.2 Å². The van der Waals surface area contributed by atoms with Gasteiger partial charge in [0, 0.05) is 42.8 Å². The van der Waals surface area contributed by atoms with Crippen LogP contribution in [0.4, 0.5) is 11.4 Å². The SMILES string of the molecule is Cc1ccc(N2CC(C(=O)Nc3ccc(Oc4cc(-n5cccc5)nc(C)n4)cc3)CC2=O)cc1. The van der Waals surface area contributed by atoms with Gasteiger partial charge in [-0.2, -0.15) is 4.98 Å². The van der Waals surface area contributed by atoms with Crippen molar-refractivity contribution >= 4 is 23.2 Å². The van der Waals surface area contributed by atoms with Gasteiger partial charge in [-0.25, -0.2) is 4.98 Å². The van der Waals surface area contributed by atoms with Crippen LogP contribution < -0.4 is 15.0 Å². The summed E-state index contributed by atoms with van der Waals surface area (Å²) in [5.41, 5.74) is 2.58. The highest BCUT2D eigenvalue weighted by molar-refractivity contribution is 6.03. The molecule has 1 atom stereocenters. The highest BCUT2D eigenvalue weighted by Crippen LogP contribution is 2.27. The van der Waals surface area contributed by atoms with Crippen LogP contribution in [-0.4, -0.2) is 32.9 Å². The van der Waals surface area contributed by atoms with Crippen molar-refractivity contribution in [2.24, 2.45) is 5.92 Å². The lowest BCUT2D eigenvalue weighted by molar-refractivity contribution is -0.122. The van der Waals surface area contributed by atoms with Crippen molar-refractivity contribution in [2.45, 2.75) is 20.3 Å². The van der Waals surface area contributed by atoms with E-state index in [0.29, 0.717) is 35.5 Å². The smallest absolute Gasteiger partial charge is 0.229 e. The summed E-state index contributed by atoms with van der Waals surface area (Å²) >= 11 is 0. The molecule has 4 aromatic rings. The molecule has 1 unspecified atom stereocenters. The standard InChI is InChI=1S/C27H25N5O3/c1-18-5-9-22(10-6-18)32-17-20(15-26(32)33)27(34)30-21-7-11-23(12-8-21)35-25-16-24(28-19(2)29-25)31-13-3-4-14-31/h3-14,16,20H,15,17H2,1-2H3,(H,30,34). The van der Waals surface area contributed by atoms with E-state index in [1.54, 1.807) is 35.2 Å². The Labute approximate surface area is 203 Å². The molecule has 8 heteroatoms. The van der Waals surface area contributed by atoms with E-state index in [9.17, 15) is 9.59 Å². The van der Waals surface area contributed by atoms with Crippen molar-refractivity contribution in [2.75, 3.05) is 16.8 Å². The van der Waals surface area contributed by atoms with Crippen LogP contribution >= 0.6 is 0 Å². The minimum absolute atomic E-state index is 0.0443. The van der Waals surface area contributed by atoms with Crippen LogP contribution in [0.3, 0.4) is 0 Å². The lowest BCUT2D eigenvalue weighted by Crippen LogP contribution is -2.28. The van der Waals surface area contributed by atoms with Crippen LogP contribution in [0.5, 0.6) is 11.6 Å². The highest BCUT2D eigenvalue weighted by atomic mass is 16.5. The maximum Gasteiger partial charge on any atom is 0.229 e. The monoisotopic (exact) mass is 467 g/mol. The molecule has 0 aliphatic carbocycles. The molecule has 1 aliphatic rings. The van der Waals surface area contributed by atoms with E-state index in [2.05, 4.69) is 15.3 Å². The first kappa shape index (κ1) is 22.3. The maximum atomic E-state index is 12.8. The van der Waals surface area contributed by atoms with Gasteiger partial charge in [0.2, 0.25) is 17.7 Å². The third kappa shape index (κ3) is 5.06. The molecule has 35 heavy (non-hydrogen) atoms. The number of hydrogen-bond donors (Lipinski definition) is 1. The molecule has 2 aromatic carbocycles. The number of aryl methyl sites for hydroxylation is 2. The van der Waals surface area contributed by atoms with Gasteiger partial charge in [0.15, 0.2) is 0 Å². The van der Waals surface area contributed by atoms with E-state index >= 15 is 0 Å². The first-order valence-corrected chi connectivity index (χ1v) is 11.4. The van der Waals surface area contributed by atoms with Gasteiger partial charge in [0.25, 0.3) is 0 Å². The normalized spacial score (nSPS) is 15.3. The largest absolute Gasteiger partial charge is 0.439 e. The van der Waals surface area contributed by atoms with Gasteiger partial charge in [-0.3, -0.25) is 9.59 Å². The van der Waals surface area contributed by atoms with Crippen molar-refractivity contribution in [1.29, 1.82) is 0 Å². The Balaban J connectivity index is 1.22. The molecule has 2 amide bonds. The van der Waals surface area contributed by atoms with Crippen LogP contribution in [0, 0.1) is 19.8 Å². The summed E-state index contributed by atoms with van der Waals surface area (Å²) in [7, 11) is 0. The van der Waals surface area contributed by atoms with Gasteiger partial charge in [0.1, 0.15) is 17.4 Å². The van der Waals surface area contributed by atoms with E-state index in [1.165, 1.54) is 0 Å². The molecular formula is C27H25N5O3. The summed E-state index contributed by atoms with van der Waals surface area (Å²) in [4.78, 5) is 35.8. The summed E-state index contributed by atoms with van der Waals surface area (Å²) in [6.45, 7) is 4.18. The van der Waals surface area contributed by atoms with Gasteiger partial charge in [-0.05, 0) is 62.4 Å². The maximum absolute atomic E-state index is 12.8. The average Bonchev–Trinajstić information content (AvgIpc) is 3.51.